The fraction of sp³-hybridized carbons (Fsp3) is 0.818. The van der Waals surface area contributed by atoms with Crippen molar-refractivity contribution in [2.45, 2.75) is 13.8 Å². The first kappa shape index (κ1) is 13.0. The van der Waals surface area contributed by atoms with Gasteiger partial charge in [-0.05, 0) is 7.05 Å². The number of hydrogen-bond donors (Lipinski definition) is 0. The molecule has 1 aliphatic heterocycles. The van der Waals surface area contributed by atoms with Crippen molar-refractivity contribution in [3.8, 4) is 0 Å². The van der Waals surface area contributed by atoms with Crippen LogP contribution >= 0.6 is 0 Å². The number of amides is 2. The van der Waals surface area contributed by atoms with Gasteiger partial charge < -0.3 is 14.7 Å². The minimum Gasteiger partial charge on any atom is -0.340 e. The van der Waals surface area contributed by atoms with Gasteiger partial charge in [-0.15, -0.1) is 0 Å². The molecule has 0 unspecified atom stereocenters. The fourth-order valence-electron chi connectivity index (χ4n) is 1.79. The van der Waals surface area contributed by atoms with Gasteiger partial charge in [-0.3, -0.25) is 9.59 Å². The van der Waals surface area contributed by atoms with Crippen LogP contribution < -0.4 is 0 Å². The highest BCUT2D eigenvalue weighted by molar-refractivity contribution is 5.74. The van der Waals surface area contributed by atoms with E-state index in [9.17, 15) is 9.59 Å². The quantitative estimate of drug-likeness (QED) is 0.567. The normalized spacial score (nSPS) is 19.9. The molecule has 0 radical (unpaired) electrons. The summed E-state index contributed by atoms with van der Waals surface area (Å²) in [4.78, 5) is 28.5. The summed E-state index contributed by atoms with van der Waals surface area (Å²) >= 11 is 0. The number of carbonyl (C=O) groups excluding carboxylic acids is 2. The van der Waals surface area contributed by atoms with Gasteiger partial charge in [0, 0.05) is 53.1 Å². The molecular formula is C11H21N3O2. The summed E-state index contributed by atoms with van der Waals surface area (Å²) in [6.45, 7) is 7.67. The van der Waals surface area contributed by atoms with Crippen LogP contribution in [-0.4, -0.2) is 72.8 Å². The predicted octanol–water partition coefficient (Wildman–Crippen LogP) is -0.371. The third kappa shape index (κ3) is 3.81. The van der Waals surface area contributed by atoms with Crippen LogP contribution in [0.3, 0.4) is 0 Å². The average molecular weight is 227 g/mol. The van der Waals surface area contributed by atoms with E-state index in [2.05, 4.69) is 4.90 Å². The van der Waals surface area contributed by atoms with E-state index >= 15 is 0 Å². The summed E-state index contributed by atoms with van der Waals surface area (Å²) in [5.74, 6) is 0.164. The molecule has 5 nitrogen and oxygen atoms in total. The van der Waals surface area contributed by atoms with Crippen LogP contribution in [0.15, 0.2) is 0 Å². The lowest BCUT2D eigenvalue weighted by Crippen LogP contribution is -2.40. The molecule has 0 aromatic heterocycles. The van der Waals surface area contributed by atoms with Gasteiger partial charge in [0.1, 0.15) is 0 Å². The molecule has 0 saturated carbocycles. The van der Waals surface area contributed by atoms with Gasteiger partial charge >= 0.3 is 0 Å². The van der Waals surface area contributed by atoms with Crippen LogP contribution in [0, 0.1) is 0 Å². The summed E-state index contributed by atoms with van der Waals surface area (Å²) < 4.78 is 0. The molecule has 1 fully saturated rings. The van der Waals surface area contributed by atoms with E-state index in [1.165, 1.54) is 0 Å². The Morgan fingerprint density at radius 3 is 1.38 bits per heavy atom. The Bertz CT molecular complexity index is 242. The maximum Gasteiger partial charge on any atom is 0.219 e. The highest BCUT2D eigenvalue weighted by Crippen LogP contribution is 1.99. The molecule has 0 atom stereocenters. The van der Waals surface area contributed by atoms with Crippen molar-refractivity contribution in [3.05, 3.63) is 0 Å². The number of carbonyl (C=O) groups is 2. The smallest absolute Gasteiger partial charge is 0.219 e. The monoisotopic (exact) mass is 227 g/mol. The number of rotatable bonds is 0. The van der Waals surface area contributed by atoms with E-state index in [4.69, 9.17) is 0 Å². The summed E-state index contributed by atoms with van der Waals surface area (Å²) in [5, 5.41) is 0. The molecule has 1 rings (SSSR count). The molecule has 0 bridgehead atoms. The van der Waals surface area contributed by atoms with Gasteiger partial charge in [-0.25, -0.2) is 0 Å². The highest BCUT2D eigenvalue weighted by Gasteiger charge is 2.16. The Morgan fingerprint density at radius 1 is 0.750 bits per heavy atom. The third-order valence-electron chi connectivity index (χ3n) is 3.03. The zero-order chi connectivity index (χ0) is 12.1. The molecular weight excluding hydrogens is 206 g/mol. The second-order valence-corrected chi connectivity index (χ2v) is 4.32. The molecule has 1 saturated heterocycles. The second-order valence-electron chi connectivity index (χ2n) is 4.32. The molecule has 0 aliphatic carbocycles. The van der Waals surface area contributed by atoms with Crippen LogP contribution in [-0.2, 0) is 9.59 Å². The Labute approximate surface area is 97.0 Å². The van der Waals surface area contributed by atoms with E-state index < -0.39 is 0 Å². The minimum atomic E-state index is 0.0822. The Balaban J connectivity index is 2.64. The first-order chi connectivity index (χ1) is 7.50. The van der Waals surface area contributed by atoms with Crippen molar-refractivity contribution in [3.63, 3.8) is 0 Å². The van der Waals surface area contributed by atoms with Crippen molar-refractivity contribution in [2.24, 2.45) is 0 Å². The fourth-order valence-corrected chi connectivity index (χ4v) is 1.79. The lowest BCUT2D eigenvalue weighted by Gasteiger charge is -2.24. The second kappa shape index (κ2) is 5.84. The standard InChI is InChI=1S/C11H21N3O2/c1-10(15)13-6-4-12(3)5-7-14(9-8-13)11(2)16/h4-9H2,1-3H3. The average Bonchev–Trinajstić information content (AvgIpc) is 2.28. The summed E-state index contributed by atoms with van der Waals surface area (Å²) in [5.41, 5.74) is 0. The van der Waals surface area contributed by atoms with Crippen molar-refractivity contribution >= 4 is 11.8 Å². The maximum atomic E-state index is 11.4. The molecule has 5 heteroatoms. The Kier molecular flexibility index (Phi) is 4.73. The number of nitrogens with zero attached hydrogens (tertiary/aromatic N) is 3. The zero-order valence-electron chi connectivity index (χ0n) is 10.4. The number of hydrogen-bond acceptors (Lipinski definition) is 3. The van der Waals surface area contributed by atoms with Gasteiger partial charge in [0.2, 0.25) is 11.8 Å². The van der Waals surface area contributed by atoms with E-state index in [-0.39, 0.29) is 11.8 Å². The van der Waals surface area contributed by atoms with Crippen LogP contribution in [0.25, 0.3) is 0 Å². The molecule has 92 valence electrons. The van der Waals surface area contributed by atoms with Gasteiger partial charge in [0.15, 0.2) is 0 Å². The largest absolute Gasteiger partial charge is 0.340 e. The number of likely N-dealkylation sites (N-methyl/N-ethyl adjacent to an activating group) is 1. The Morgan fingerprint density at radius 2 is 1.06 bits per heavy atom. The molecule has 2 amide bonds. The minimum absolute atomic E-state index is 0.0822. The predicted molar refractivity (Wildman–Crippen MR) is 62.0 cm³/mol. The lowest BCUT2D eigenvalue weighted by molar-refractivity contribution is -0.132. The van der Waals surface area contributed by atoms with Crippen LogP contribution in [0.1, 0.15) is 13.8 Å². The molecule has 0 N–H and O–H groups in total. The Hall–Kier alpha value is -1.10. The molecule has 0 aromatic carbocycles. The molecule has 0 spiro atoms. The van der Waals surface area contributed by atoms with Gasteiger partial charge in [-0.1, -0.05) is 0 Å². The van der Waals surface area contributed by atoms with Crippen LogP contribution in [0.2, 0.25) is 0 Å². The summed E-state index contributed by atoms with van der Waals surface area (Å²) in [6.07, 6.45) is 0. The van der Waals surface area contributed by atoms with Gasteiger partial charge in [0.25, 0.3) is 0 Å². The van der Waals surface area contributed by atoms with Crippen molar-refractivity contribution in [1.82, 2.24) is 14.7 Å². The summed E-state index contributed by atoms with van der Waals surface area (Å²) in [7, 11) is 2.02. The SMILES string of the molecule is CC(=O)N1CCN(C)CCN(C(C)=O)CC1. The lowest BCUT2D eigenvalue weighted by atomic mass is 10.4. The third-order valence-corrected chi connectivity index (χ3v) is 3.03. The van der Waals surface area contributed by atoms with E-state index in [1.807, 2.05) is 7.05 Å². The molecule has 0 aromatic rings. The topological polar surface area (TPSA) is 43.9 Å². The van der Waals surface area contributed by atoms with Crippen LogP contribution in [0.5, 0.6) is 0 Å². The highest BCUT2D eigenvalue weighted by atomic mass is 16.2. The van der Waals surface area contributed by atoms with Gasteiger partial charge in [-0.2, -0.15) is 0 Å². The molecule has 16 heavy (non-hydrogen) atoms. The molecule has 1 heterocycles. The maximum absolute atomic E-state index is 11.4. The summed E-state index contributed by atoms with van der Waals surface area (Å²) in [6, 6.07) is 0. The van der Waals surface area contributed by atoms with Crippen molar-refractivity contribution in [1.29, 1.82) is 0 Å². The first-order valence-corrected chi connectivity index (χ1v) is 5.70. The van der Waals surface area contributed by atoms with E-state index in [0.717, 1.165) is 26.2 Å². The van der Waals surface area contributed by atoms with Crippen molar-refractivity contribution < 1.29 is 9.59 Å². The zero-order valence-corrected chi connectivity index (χ0v) is 10.4. The van der Waals surface area contributed by atoms with Gasteiger partial charge in [0.05, 0.1) is 0 Å². The van der Waals surface area contributed by atoms with Crippen LogP contribution in [0.4, 0.5) is 0 Å². The van der Waals surface area contributed by atoms with E-state index in [0.29, 0.717) is 13.1 Å². The molecule has 1 aliphatic rings. The van der Waals surface area contributed by atoms with E-state index in [1.54, 1.807) is 23.6 Å². The first-order valence-electron chi connectivity index (χ1n) is 5.70. The van der Waals surface area contributed by atoms with Crippen molar-refractivity contribution in [2.75, 3.05) is 46.3 Å².